The van der Waals surface area contributed by atoms with Crippen LogP contribution in [0.1, 0.15) is 11.4 Å². The maximum atomic E-state index is 13.4. The number of carbonyl (C=O) groups excluding carboxylic acids is 1. The quantitative estimate of drug-likeness (QED) is 0.730. The Kier molecular flexibility index (Phi) is 4.92. The van der Waals surface area contributed by atoms with Gasteiger partial charge < -0.3 is 10.3 Å². The Morgan fingerprint density at radius 3 is 2.78 bits per heavy atom. The van der Waals surface area contributed by atoms with Crippen molar-refractivity contribution < 1.29 is 9.18 Å². The summed E-state index contributed by atoms with van der Waals surface area (Å²) < 4.78 is 13.4. The van der Waals surface area contributed by atoms with E-state index in [1.54, 1.807) is 18.2 Å². The van der Waals surface area contributed by atoms with Gasteiger partial charge in [0.2, 0.25) is 5.91 Å². The van der Waals surface area contributed by atoms with Crippen LogP contribution in [0.5, 0.6) is 0 Å². The molecule has 0 fully saturated rings. The summed E-state index contributed by atoms with van der Waals surface area (Å²) in [6.07, 6.45) is 0. The van der Waals surface area contributed by atoms with Gasteiger partial charge in [0, 0.05) is 12.1 Å². The summed E-state index contributed by atoms with van der Waals surface area (Å²) in [4.78, 5) is 19.5. The molecule has 0 saturated heterocycles. The molecule has 1 amide bonds. The molecule has 3 rings (SSSR count). The molecule has 0 saturated carbocycles. The van der Waals surface area contributed by atoms with Crippen LogP contribution in [-0.2, 0) is 17.1 Å². The average Bonchev–Trinajstić information content (AvgIpc) is 2.97. The van der Waals surface area contributed by atoms with Gasteiger partial charge in [0.15, 0.2) is 0 Å². The molecule has 0 aliphatic rings. The minimum absolute atomic E-state index is 0.116. The van der Waals surface area contributed by atoms with E-state index in [1.165, 1.54) is 17.8 Å². The molecule has 0 radical (unpaired) electrons. The first-order valence-corrected chi connectivity index (χ1v) is 8.39. The van der Waals surface area contributed by atoms with Crippen molar-refractivity contribution in [2.75, 3.05) is 5.75 Å². The topological polar surface area (TPSA) is 57.8 Å². The third-order valence-corrected chi connectivity index (χ3v) is 4.29. The number of para-hydroxylation sites is 2. The minimum atomic E-state index is -0.303. The number of amides is 1. The van der Waals surface area contributed by atoms with E-state index in [-0.39, 0.29) is 18.3 Å². The number of hydrogen-bond acceptors (Lipinski definition) is 3. The Balaban J connectivity index is 1.45. The zero-order valence-corrected chi connectivity index (χ0v) is 13.2. The molecule has 0 spiro atoms. The maximum absolute atomic E-state index is 13.4. The first kappa shape index (κ1) is 15.6. The monoisotopic (exact) mass is 329 g/mol. The lowest BCUT2D eigenvalue weighted by molar-refractivity contribution is -0.118. The van der Waals surface area contributed by atoms with Crippen molar-refractivity contribution in [1.82, 2.24) is 15.3 Å². The van der Waals surface area contributed by atoms with E-state index >= 15 is 0 Å². The number of halogens is 1. The molecule has 0 aliphatic carbocycles. The molecule has 3 aromatic rings. The van der Waals surface area contributed by atoms with Crippen molar-refractivity contribution >= 4 is 28.7 Å². The second-order valence-electron chi connectivity index (χ2n) is 5.06. The first-order chi connectivity index (χ1) is 11.2. The molecular weight excluding hydrogens is 313 g/mol. The molecule has 1 aromatic heterocycles. The van der Waals surface area contributed by atoms with Crippen molar-refractivity contribution in [2.45, 2.75) is 12.3 Å². The highest BCUT2D eigenvalue weighted by Crippen LogP contribution is 2.15. The lowest BCUT2D eigenvalue weighted by Gasteiger charge is -2.05. The van der Waals surface area contributed by atoms with Gasteiger partial charge in [0.05, 0.1) is 22.5 Å². The van der Waals surface area contributed by atoms with Crippen LogP contribution in [0.4, 0.5) is 4.39 Å². The summed E-state index contributed by atoms with van der Waals surface area (Å²) in [5.74, 6) is 1.36. The Labute approximate surface area is 137 Å². The van der Waals surface area contributed by atoms with Crippen molar-refractivity contribution in [3.8, 4) is 0 Å². The Hall–Kier alpha value is -2.34. The number of hydrogen-bond donors (Lipinski definition) is 2. The van der Waals surface area contributed by atoms with Crippen LogP contribution in [0.2, 0.25) is 0 Å². The third kappa shape index (κ3) is 4.10. The maximum Gasteiger partial charge on any atom is 0.230 e. The number of benzene rings is 2. The predicted octanol–water partition coefficient (Wildman–Crippen LogP) is 3.25. The number of H-pyrrole nitrogens is 1. The van der Waals surface area contributed by atoms with Crippen LogP contribution in [-0.4, -0.2) is 21.6 Å². The zero-order chi connectivity index (χ0) is 16.1. The predicted molar refractivity (Wildman–Crippen MR) is 90.5 cm³/mol. The third-order valence-electron chi connectivity index (χ3n) is 3.34. The summed E-state index contributed by atoms with van der Waals surface area (Å²) in [5, 5.41) is 2.72. The van der Waals surface area contributed by atoms with Gasteiger partial charge in [-0.1, -0.05) is 30.3 Å². The zero-order valence-electron chi connectivity index (χ0n) is 12.4. The van der Waals surface area contributed by atoms with E-state index in [0.29, 0.717) is 17.1 Å². The summed E-state index contributed by atoms with van der Waals surface area (Å²) in [6.45, 7) is 0.205. The highest BCUT2D eigenvalue weighted by atomic mass is 32.2. The summed E-state index contributed by atoms with van der Waals surface area (Å²) in [7, 11) is 0. The number of thioether (sulfide) groups is 1. The van der Waals surface area contributed by atoms with Crippen LogP contribution < -0.4 is 5.32 Å². The first-order valence-electron chi connectivity index (χ1n) is 7.24. The fourth-order valence-electron chi connectivity index (χ4n) is 2.20. The normalized spacial score (nSPS) is 10.8. The number of carbonyl (C=O) groups is 1. The van der Waals surface area contributed by atoms with Crippen LogP contribution in [0, 0.1) is 5.82 Å². The molecule has 2 aromatic carbocycles. The smallest absolute Gasteiger partial charge is 0.230 e. The number of rotatable bonds is 6. The molecule has 6 heteroatoms. The number of nitrogens with one attached hydrogen (secondary N) is 2. The molecule has 0 bridgehead atoms. The number of imidazole rings is 1. The van der Waals surface area contributed by atoms with Gasteiger partial charge in [-0.05, 0) is 18.2 Å². The molecule has 0 atom stereocenters. The largest absolute Gasteiger partial charge is 0.351 e. The van der Waals surface area contributed by atoms with Crippen LogP contribution in [0.3, 0.4) is 0 Å². The molecule has 23 heavy (non-hydrogen) atoms. The summed E-state index contributed by atoms with van der Waals surface area (Å²) >= 11 is 1.47. The molecule has 2 N–H and O–H groups in total. The van der Waals surface area contributed by atoms with Gasteiger partial charge >= 0.3 is 0 Å². The van der Waals surface area contributed by atoms with Gasteiger partial charge in [-0.2, -0.15) is 0 Å². The van der Waals surface area contributed by atoms with E-state index in [9.17, 15) is 9.18 Å². The second kappa shape index (κ2) is 7.28. The van der Waals surface area contributed by atoms with Crippen LogP contribution in [0.15, 0.2) is 48.5 Å². The number of nitrogens with zero attached hydrogens (tertiary/aromatic N) is 1. The Morgan fingerprint density at radius 2 is 1.96 bits per heavy atom. The standard InChI is InChI=1S/C17H16FN3OS/c18-13-6-2-1-5-12(13)9-19-17(22)11-23-10-16-20-14-7-3-4-8-15(14)21-16/h1-8H,9-11H2,(H,19,22)(H,20,21). The van der Waals surface area contributed by atoms with E-state index in [2.05, 4.69) is 15.3 Å². The molecular formula is C17H16FN3OS. The van der Waals surface area contributed by atoms with Crippen molar-refractivity contribution in [3.05, 3.63) is 65.7 Å². The van der Waals surface area contributed by atoms with Crippen LogP contribution in [0.25, 0.3) is 11.0 Å². The lowest BCUT2D eigenvalue weighted by atomic mass is 10.2. The van der Waals surface area contributed by atoms with E-state index in [4.69, 9.17) is 0 Å². The average molecular weight is 329 g/mol. The summed E-state index contributed by atoms with van der Waals surface area (Å²) in [5.41, 5.74) is 2.40. The second-order valence-corrected chi connectivity index (χ2v) is 6.05. The fraction of sp³-hybridized carbons (Fsp3) is 0.176. The van der Waals surface area contributed by atoms with Gasteiger partial charge in [0.25, 0.3) is 0 Å². The molecule has 1 heterocycles. The number of fused-ring (bicyclic) bond motifs is 1. The fourth-order valence-corrected chi connectivity index (χ4v) is 2.92. The molecule has 0 unspecified atom stereocenters. The SMILES string of the molecule is O=C(CSCc1nc2ccccc2[nH]1)NCc1ccccc1F. The number of aromatic amines is 1. The molecule has 0 aliphatic heterocycles. The van der Waals surface area contributed by atoms with Crippen molar-refractivity contribution in [3.63, 3.8) is 0 Å². The van der Waals surface area contributed by atoms with E-state index < -0.39 is 0 Å². The minimum Gasteiger partial charge on any atom is -0.351 e. The summed E-state index contributed by atoms with van der Waals surface area (Å²) in [6, 6.07) is 14.2. The highest BCUT2D eigenvalue weighted by Gasteiger charge is 2.06. The Morgan fingerprint density at radius 1 is 1.17 bits per heavy atom. The van der Waals surface area contributed by atoms with Gasteiger partial charge in [0.1, 0.15) is 11.6 Å². The highest BCUT2D eigenvalue weighted by molar-refractivity contribution is 7.99. The van der Waals surface area contributed by atoms with Crippen LogP contribution >= 0.6 is 11.8 Å². The molecule has 4 nitrogen and oxygen atoms in total. The Bertz CT molecular complexity index is 785. The van der Waals surface area contributed by atoms with E-state index in [1.807, 2.05) is 24.3 Å². The molecule has 118 valence electrons. The van der Waals surface area contributed by atoms with Gasteiger partial charge in [-0.3, -0.25) is 4.79 Å². The van der Waals surface area contributed by atoms with Gasteiger partial charge in [-0.15, -0.1) is 11.8 Å². The lowest BCUT2D eigenvalue weighted by Crippen LogP contribution is -2.25. The number of aromatic nitrogens is 2. The van der Waals surface area contributed by atoms with Crippen molar-refractivity contribution in [1.29, 1.82) is 0 Å². The van der Waals surface area contributed by atoms with E-state index in [0.717, 1.165) is 16.9 Å². The van der Waals surface area contributed by atoms with Gasteiger partial charge in [-0.25, -0.2) is 9.37 Å². The van der Waals surface area contributed by atoms with Crippen molar-refractivity contribution in [2.24, 2.45) is 0 Å².